The molecule has 1 saturated heterocycles. The third kappa shape index (κ3) is 4.66. The standard InChI is InChI=1S/C23H26N4O2.ClH/c1-16-6-8-19(9-7-16)27-22(17-10-12-24-13-11-17)21(15-25-27)23(28)26-18-4-3-5-20(14-18)29-2;/h3-9,14-15,17,24H,10-13H2,1-2H3,(H,26,28);1H. The SMILES string of the molecule is COc1cccc(NC(=O)c2cnn(-c3ccc(C)cc3)c2C2CCNCC2)c1.Cl. The number of halogens is 1. The van der Waals surface area contributed by atoms with Gasteiger partial charge in [-0.15, -0.1) is 12.4 Å². The van der Waals surface area contributed by atoms with E-state index in [1.54, 1.807) is 13.3 Å². The van der Waals surface area contributed by atoms with Gasteiger partial charge in [0, 0.05) is 17.7 Å². The summed E-state index contributed by atoms with van der Waals surface area (Å²) >= 11 is 0. The number of ether oxygens (including phenoxy) is 1. The highest BCUT2D eigenvalue weighted by atomic mass is 35.5. The average molecular weight is 427 g/mol. The van der Waals surface area contributed by atoms with Crippen molar-refractivity contribution in [3.8, 4) is 11.4 Å². The maximum absolute atomic E-state index is 13.2. The fourth-order valence-corrected chi connectivity index (χ4v) is 3.81. The number of hydrogen-bond donors (Lipinski definition) is 2. The first-order valence-corrected chi connectivity index (χ1v) is 9.97. The molecule has 0 aliphatic carbocycles. The summed E-state index contributed by atoms with van der Waals surface area (Å²) in [6.45, 7) is 3.95. The minimum absolute atomic E-state index is 0. The number of methoxy groups -OCH3 is 1. The van der Waals surface area contributed by atoms with Gasteiger partial charge in [0.2, 0.25) is 0 Å². The molecule has 0 unspecified atom stereocenters. The van der Waals surface area contributed by atoms with Crippen LogP contribution >= 0.6 is 12.4 Å². The quantitative estimate of drug-likeness (QED) is 0.637. The molecule has 2 heterocycles. The molecule has 0 atom stereocenters. The molecule has 30 heavy (non-hydrogen) atoms. The first-order valence-electron chi connectivity index (χ1n) is 9.97. The number of benzene rings is 2. The van der Waals surface area contributed by atoms with Crippen LogP contribution in [0.3, 0.4) is 0 Å². The van der Waals surface area contributed by atoms with Gasteiger partial charge >= 0.3 is 0 Å². The highest BCUT2D eigenvalue weighted by Gasteiger charge is 2.27. The van der Waals surface area contributed by atoms with Crippen LogP contribution in [0.1, 0.15) is 40.4 Å². The van der Waals surface area contributed by atoms with E-state index in [0.29, 0.717) is 17.0 Å². The molecule has 1 aliphatic rings. The zero-order valence-corrected chi connectivity index (χ0v) is 18.0. The molecule has 1 aliphatic heterocycles. The van der Waals surface area contributed by atoms with Crippen molar-refractivity contribution < 1.29 is 9.53 Å². The van der Waals surface area contributed by atoms with E-state index in [-0.39, 0.29) is 24.2 Å². The van der Waals surface area contributed by atoms with E-state index in [2.05, 4.69) is 46.9 Å². The number of aromatic nitrogens is 2. The Balaban J connectivity index is 0.00000256. The predicted octanol–water partition coefficient (Wildman–Crippen LogP) is 4.33. The van der Waals surface area contributed by atoms with Crippen LogP contribution in [0.25, 0.3) is 5.69 Å². The number of nitrogens with one attached hydrogen (secondary N) is 2. The van der Waals surface area contributed by atoms with Crippen LogP contribution in [-0.4, -0.2) is 35.9 Å². The summed E-state index contributed by atoms with van der Waals surface area (Å²) < 4.78 is 7.18. The van der Waals surface area contributed by atoms with Gasteiger partial charge in [-0.3, -0.25) is 4.79 Å². The first-order chi connectivity index (χ1) is 14.2. The number of rotatable bonds is 5. The van der Waals surface area contributed by atoms with Gasteiger partial charge in [-0.1, -0.05) is 23.8 Å². The second-order valence-electron chi connectivity index (χ2n) is 7.40. The molecule has 0 saturated carbocycles. The minimum Gasteiger partial charge on any atom is -0.497 e. The third-order valence-corrected chi connectivity index (χ3v) is 5.38. The van der Waals surface area contributed by atoms with Gasteiger partial charge in [0.05, 0.1) is 30.3 Å². The molecular formula is C23H27ClN4O2. The summed E-state index contributed by atoms with van der Waals surface area (Å²) in [7, 11) is 1.61. The number of anilines is 1. The second-order valence-corrected chi connectivity index (χ2v) is 7.40. The lowest BCUT2D eigenvalue weighted by Gasteiger charge is -2.24. The van der Waals surface area contributed by atoms with Crippen molar-refractivity contribution in [2.24, 2.45) is 0 Å². The summed E-state index contributed by atoms with van der Waals surface area (Å²) in [5.74, 6) is 0.841. The number of carbonyl (C=O) groups is 1. The monoisotopic (exact) mass is 426 g/mol. The molecule has 1 amide bonds. The van der Waals surface area contributed by atoms with Crippen molar-refractivity contribution >= 4 is 24.0 Å². The molecule has 3 aromatic rings. The Labute approximate surface area is 183 Å². The Morgan fingerprint density at radius 3 is 2.60 bits per heavy atom. The number of aryl methyl sites for hydroxylation is 1. The molecule has 1 fully saturated rings. The highest BCUT2D eigenvalue weighted by molar-refractivity contribution is 6.05. The topological polar surface area (TPSA) is 68.2 Å². The molecule has 0 spiro atoms. The first kappa shape index (κ1) is 21.9. The van der Waals surface area contributed by atoms with E-state index < -0.39 is 0 Å². The lowest BCUT2D eigenvalue weighted by molar-refractivity contribution is 0.102. The molecule has 4 rings (SSSR count). The number of amides is 1. The summed E-state index contributed by atoms with van der Waals surface area (Å²) in [6, 6.07) is 15.6. The molecule has 0 bridgehead atoms. The minimum atomic E-state index is -0.148. The number of hydrogen-bond acceptors (Lipinski definition) is 4. The van der Waals surface area contributed by atoms with Crippen LogP contribution in [-0.2, 0) is 0 Å². The third-order valence-electron chi connectivity index (χ3n) is 5.38. The average Bonchev–Trinajstić information content (AvgIpc) is 3.20. The van der Waals surface area contributed by atoms with Gasteiger partial charge in [-0.25, -0.2) is 4.68 Å². The summed E-state index contributed by atoms with van der Waals surface area (Å²) in [6.07, 6.45) is 3.65. The van der Waals surface area contributed by atoms with Gasteiger partial charge in [-0.05, 0) is 57.1 Å². The summed E-state index contributed by atoms with van der Waals surface area (Å²) in [5, 5.41) is 11.0. The van der Waals surface area contributed by atoms with E-state index in [4.69, 9.17) is 4.74 Å². The van der Waals surface area contributed by atoms with E-state index in [0.717, 1.165) is 37.3 Å². The summed E-state index contributed by atoms with van der Waals surface area (Å²) in [5.41, 5.74) is 4.48. The zero-order valence-electron chi connectivity index (χ0n) is 17.2. The maximum Gasteiger partial charge on any atom is 0.259 e. The van der Waals surface area contributed by atoms with Crippen molar-refractivity contribution in [3.05, 3.63) is 71.5 Å². The fourth-order valence-electron chi connectivity index (χ4n) is 3.81. The Morgan fingerprint density at radius 2 is 1.90 bits per heavy atom. The van der Waals surface area contributed by atoms with Crippen molar-refractivity contribution in [1.29, 1.82) is 0 Å². The van der Waals surface area contributed by atoms with E-state index in [1.165, 1.54) is 5.56 Å². The van der Waals surface area contributed by atoms with E-state index >= 15 is 0 Å². The maximum atomic E-state index is 13.2. The van der Waals surface area contributed by atoms with Gasteiger partial charge in [0.1, 0.15) is 5.75 Å². The van der Waals surface area contributed by atoms with Crippen LogP contribution in [0.4, 0.5) is 5.69 Å². The molecule has 158 valence electrons. The normalized spacial score (nSPS) is 14.1. The second kappa shape index (κ2) is 9.78. The summed E-state index contributed by atoms with van der Waals surface area (Å²) in [4.78, 5) is 13.2. The Morgan fingerprint density at radius 1 is 1.17 bits per heavy atom. The molecule has 1 aromatic heterocycles. The Bertz CT molecular complexity index is 995. The van der Waals surface area contributed by atoms with E-state index in [9.17, 15) is 4.79 Å². The highest BCUT2D eigenvalue weighted by Crippen LogP contribution is 2.31. The molecule has 6 nitrogen and oxygen atoms in total. The van der Waals surface area contributed by atoms with Crippen LogP contribution < -0.4 is 15.4 Å². The number of nitrogens with zero attached hydrogens (tertiary/aromatic N) is 2. The predicted molar refractivity (Wildman–Crippen MR) is 121 cm³/mol. The smallest absolute Gasteiger partial charge is 0.259 e. The van der Waals surface area contributed by atoms with Crippen molar-refractivity contribution in [3.63, 3.8) is 0 Å². The lowest BCUT2D eigenvalue weighted by Crippen LogP contribution is -2.29. The van der Waals surface area contributed by atoms with Gasteiger partial charge in [-0.2, -0.15) is 5.10 Å². The molecule has 7 heteroatoms. The number of carbonyl (C=O) groups excluding carboxylic acids is 1. The largest absolute Gasteiger partial charge is 0.497 e. The van der Waals surface area contributed by atoms with Crippen LogP contribution in [0.5, 0.6) is 5.75 Å². The van der Waals surface area contributed by atoms with Crippen LogP contribution in [0.15, 0.2) is 54.7 Å². The number of piperidine rings is 1. The van der Waals surface area contributed by atoms with Crippen molar-refractivity contribution in [2.45, 2.75) is 25.7 Å². The van der Waals surface area contributed by atoms with E-state index in [1.807, 2.05) is 28.9 Å². The van der Waals surface area contributed by atoms with Crippen LogP contribution in [0.2, 0.25) is 0 Å². The fraction of sp³-hybridized carbons (Fsp3) is 0.304. The Kier molecular flexibility index (Phi) is 7.13. The van der Waals surface area contributed by atoms with Crippen molar-refractivity contribution in [1.82, 2.24) is 15.1 Å². The molecule has 2 N–H and O–H groups in total. The lowest BCUT2D eigenvalue weighted by atomic mass is 9.91. The molecule has 0 radical (unpaired) electrons. The van der Waals surface area contributed by atoms with Crippen LogP contribution in [0, 0.1) is 6.92 Å². The molecule has 2 aromatic carbocycles. The molecular weight excluding hydrogens is 400 g/mol. The van der Waals surface area contributed by atoms with Gasteiger partial charge in [0.15, 0.2) is 0 Å². The Hall–Kier alpha value is -2.83. The zero-order chi connectivity index (χ0) is 20.2. The van der Waals surface area contributed by atoms with Gasteiger partial charge in [0.25, 0.3) is 5.91 Å². The van der Waals surface area contributed by atoms with Crippen molar-refractivity contribution in [2.75, 3.05) is 25.5 Å². The van der Waals surface area contributed by atoms with Gasteiger partial charge < -0.3 is 15.4 Å².